The van der Waals surface area contributed by atoms with Crippen LogP contribution in [-0.2, 0) is 11.3 Å². The van der Waals surface area contributed by atoms with Crippen molar-refractivity contribution in [2.24, 2.45) is 0 Å². The summed E-state index contributed by atoms with van der Waals surface area (Å²) in [4.78, 5) is 2.33. The Hall–Kier alpha value is -0.450. The molecule has 1 fully saturated rings. The van der Waals surface area contributed by atoms with Crippen LogP contribution in [0.3, 0.4) is 0 Å². The SMILES string of the molecule is CO[C@@H]1CCN(Cc2ccc(F)c(Br)c2)C1. The molecule has 0 aliphatic carbocycles. The maximum atomic E-state index is 13.0. The summed E-state index contributed by atoms with van der Waals surface area (Å²) in [6.07, 6.45) is 1.43. The number of nitrogens with zero attached hydrogens (tertiary/aromatic N) is 1. The zero-order chi connectivity index (χ0) is 11.5. The minimum Gasteiger partial charge on any atom is -0.380 e. The number of benzene rings is 1. The Balaban J connectivity index is 1.97. The van der Waals surface area contributed by atoms with E-state index in [1.807, 2.05) is 12.1 Å². The molecule has 0 unspecified atom stereocenters. The van der Waals surface area contributed by atoms with Crippen LogP contribution in [0, 0.1) is 5.82 Å². The number of likely N-dealkylation sites (tertiary alicyclic amines) is 1. The molecule has 0 saturated carbocycles. The first-order valence-corrected chi connectivity index (χ1v) is 6.17. The third-order valence-electron chi connectivity index (χ3n) is 2.95. The molecule has 16 heavy (non-hydrogen) atoms. The molecule has 1 atom stereocenters. The van der Waals surface area contributed by atoms with Gasteiger partial charge in [-0.25, -0.2) is 4.39 Å². The van der Waals surface area contributed by atoms with Gasteiger partial charge < -0.3 is 4.74 Å². The van der Waals surface area contributed by atoms with Gasteiger partial charge in [-0.15, -0.1) is 0 Å². The molecule has 1 heterocycles. The Morgan fingerprint density at radius 2 is 2.38 bits per heavy atom. The summed E-state index contributed by atoms with van der Waals surface area (Å²) in [6.45, 7) is 2.87. The summed E-state index contributed by atoms with van der Waals surface area (Å²) in [6, 6.07) is 5.18. The first kappa shape index (κ1) is 12.0. The van der Waals surface area contributed by atoms with Crippen LogP contribution < -0.4 is 0 Å². The fourth-order valence-electron chi connectivity index (χ4n) is 2.03. The molecular weight excluding hydrogens is 273 g/mol. The van der Waals surface area contributed by atoms with Crippen LogP contribution in [0.25, 0.3) is 0 Å². The van der Waals surface area contributed by atoms with E-state index in [1.54, 1.807) is 7.11 Å². The standard InChI is InChI=1S/C12H15BrFNO/c1-16-10-4-5-15(8-10)7-9-2-3-12(14)11(13)6-9/h2-3,6,10H,4-5,7-8H2,1H3/t10-/m1/s1. The van der Waals surface area contributed by atoms with Crippen molar-refractivity contribution in [2.75, 3.05) is 20.2 Å². The fraction of sp³-hybridized carbons (Fsp3) is 0.500. The summed E-state index contributed by atoms with van der Waals surface area (Å²) in [7, 11) is 1.75. The summed E-state index contributed by atoms with van der Waals surface area (Å²) < 4.78 is 18.9. The molecule has 2 nitrogen and oxygen atoms in total. The van der Waals surface area contributed by atoms with E-state index in [0.717, 1.165) is 31.6 Å². The largest absolute Gasteiger partial charge is 0.380 e. The smallest absolute Gasteiger partial charge is 0.137 e. The minimum absolute atomic E-state index is 0.208. The van der Waals surface area contributed by atoms with Crippen molar-refractivity contribution in [2.45, 2.75) is 19.1 Å². The monoisotopic (exact) mass is 287 g/mol. The molecule has 1 saturated heterocycles. The van der Waals surface area contributed by atoms with E-state index in [0.29, 0.717) is 10.6 Å². The van der Waals surface area contributed by atoms with Crippen molar-refractivity contribution in [1.29, 1.82) is 0 Å². The van der Waals surface area contributed by atoms with Gasteiger partial charge in [0, 0.05) is 26.7 Å². The average Bonchev–Trinajstić information content (AvgIpc) is 2.71. The Morgan fingerprint density at radius 1 is 1.56 bits per heavy atom. The van der Waals surface area contributed by atoms with E-state index in [1.165, 1.54) is 6.07 Å². The van der Waals surface area contributed by atoms with Crippen molar-refractivity contribution in [1.82, 2.24) is 4.90 Å². The zero-order valence-corrected chi connectivity index (χ0v) is 10.8. The molecule has 1 aliphatic rings. The van der Waals surface area contributed by atoms with E-state index in [2.05, 4.69) is 20.8 Å². The second-order valence-corrected chi connectivity index (χ2v) is 4.98. The molecule has 2 rings (SSSR count). The predicted octanol–water partition coefficient (Wildman–Crippen LogP) is 2.81. The van der Waals surface area contributed by atoms with Crippen LogP contribution in [0.2, 0.25) is 0 Å². The lowest BCUT2D eigenvalue weighted by atomic mass is 10.2. The van der Waals surface area contributed by atoms with Gasteiger partial charge in [0.05, 0.1) is 10.6 Å². The van der Waals surface area contributed by atoms with Crippen molar-refractivity contribution in [3.05, 3.63) is 34.1 Å². The summed E-state index contributed by atoms with van der Waals surface area (Å²) in [5.41, 5.74) is 1.13. The lowest BCUT2D eigenvalue weighted by molar-refractivity contribution is 0.107. The Kier molecular flexibility index (Phi) is 3.95. The van der Waals surface area contributed by atoms with Gasteiger partial charge in [-0.05, 0) is 40.0 Å². The van der Waals surface area contributed by atoms with E-state index >= 15 is 0 Å². The third-order valence-corrected chi connectivity index (χ3v) is 3.56. The van der Waals surface area contributed by atoms with Crippen LogP contribution in [0.5, 0.6) is 0 Å². The van der Waals surface area contributed by atoms with Crippen molar-refractivity contribution < 1.29 is 9.13 Å². The number of hydrogen-bond donors (Lipinski definition) is 0. The topological polar surface area (TPSA) is 12.5 Å². The highest BCUT2D eigenvalue weighted by Gasteiger charge is 2.21. The highest BCUT2D eigenvalue weighted by molar-refractivity contribution is 9.10. The Labute approximate surface area is 104 Å². The third kappa shape index (κ3) is 2.81. The zero-order valence-electron chi connectivity index (χ0n) is 9.25. The van der Waals surface area contributed by atoms with Gasteiger partial charge >= 0.3 is 0 Å². The number of halogens is 2. The molecule has 1 aliphatic heterocycles. The molecule has 0 bridgehead atoms. The lowest BCUT2D eigenvalue weighted by Gasteiger charge is -2.15. The lowest BCUT2D eigenvalue weighted by Crippen LogP contribution is -2.22. The van der Waals surface area contributed by atoms with Crippen LogP contribution in [0.4, 0.5) is 4.39 Å². The fourth-order valence-corrected chi connectivity index (χ4v) is 2.46. The molecule has 0 amide bonds. The Morgan fingerprint density at radius 3 is 3.00 bits per heavy atom. The maximum Gasteiger partial charge on any atom is 0.137 e. The maximum absolute atomic E-state index is 13.0. The van der Waals surface area contributed by atoms with Crippen molar-refractivity contribution >= 4 is 15.9 Å². The van der Waals surface area contributed by atoms with E-state index in [4.69, 9.17) is 4.74 Å². The van der Waals surface area contributed by atoms with Gasteiger partial charge in [-0.1, -0.05) is 6.07 Å². The number of ether oxygens (including phenoxy) is 1. The summed E-state index contributed by atoms with van der Waals surface area (Å²) in [5, 5.41) is 0. The van der Waals surface area contributed by atoms with Crippen LogP contribution >= 0.6 is 15.9 Å². The first-order chi connectivity index (χ1) is 7.69. The molecule has 1 aromatic rings. The second-order valence-electron chi connectivity index (χ2n) is 4.13. The molecule has 0 spiro atoms. The highest BCUT2D eigenvalue weighted by Crippen LogP contribution is 2.20. The number of methoxy groups -OCH3 is 1. The quantitative estimate of drug-likeness (QED) is 0.848. The molecule has 1 aromatic carbocycles. The minimum atomic E-state index is -0.208. The van der Waals surface area contributed by atoms with Crippen molar-refractivity contribution in [3.8, 4) is 0 Å². The molecule has 88 valence electrons. The average molecular weight is 288 g/mol. The van der Waals surface area contributed by atoms with E-state index in [9.17, 15) is 4.39 Å². The normalized spacial score (nSPS) is 21.6. The highest BCUT2D eigenvalue weighted by atomic mass is 79.9. The van der Waals surface area contributed by atoms with Crippen LogP contribution in [-0.4, -0.2) is 31.2 Å². The van der Waals surface area contributed by atoms with Crippen LogP contribution in [0.1, 0.15) is 12.0 Å². The van der Waals surface area contributed by atoms with Gasteiger partial charge in [0.25, 0.3) is 0 Å². The molecular formula is C12H15BrFNO. The second kappa shape index (κ2) is 5.25. The molecule has 0 N–H and O–H groups in total. The van der Waals surface area contributed by atoms with Gasteiger partial charge in [0.15, 0.2) is 0 Å². The predicted molar refractivity (Wildman–Crippen MR) is 64.8 cm³/mol. The molecule has 4 heteroatoms. The van der Waals surface area contributed by atoms with Crippen LogP contribution in [0.15, 0.2) is 22.7 Å². The van der Waals surface area contributed by atoms with Gasteiger partial charge in [0.1, 0.15) is 5.82 Å². The van der Waals surface area contributed by atoms with E-state index in [-0.39, 0.29) is 5.82 Å². The van der Waals surface area contributed by atoms with E-state index < -0.39 is 0 Å². The Bertz CT molecular complexity index is 372. The first-order valence-electron chi connectivity index (χ1n) is 5.38. The number of hydrogen-bond acceptors (Lipinski definition) is 2. The number of rotatable bonds is 3. The summed E-state index contributed by atoms with van der Waals surface area (Å²) >= 11 is 3.20. The molecule has 0 aromatic heterocycles. The van der Waals surface area contributed by atoms with Gasteiger partial charge in [-0.2, -0.15) is 0 Å². The summed E-state index contributed by atoms with van der Waals surface area (Å²) in [5.74, 6) is -0.208. The van der Waals surface area contributed by atoms with Gasteiger partial charge in [0.2, 0.25) is 0 Å². The van der Waals surface area contributed by atoms with Gasteiger partial charge in [-0.3, -0.25) is 4.90 Å². The molecule has 0 radical (unpaired) electrons. The van der Waals surface area contributed by atoms with Crippen molar-refractivity contribution in [3.63, 3.8) is 0 Å².